The van der Waals surface area contributed by atoms with Gasteiger partial charge in [0.15, 0.2) is 0 Å². The summed E-state index contributed by atoms with van der Waals surface area (Å²) in [5, 5.41) is 2.74. The number of rotatable bonds is 6. The molecule has 2 saturated heterocycles. The number of carbonyl (C=O) groups excluding carboxylic acids is 2. The van der Waals surface area contributed by atoms with Gasteiger partial charge < -0.3 is 20.7 Å². The van der Waals surface area contributed by atoms with E-state index in [-0.39, 0.29) is 48.5 Å². The number of nitrogens with two attached hydrogens (primary N) is 1. The molecule has 2 fully saturated rings. The monoisotopic (exact) mass is 450 g/mol. The number of amides is 2. The van der Waals surface area contributed by atoms with Crippen LogP contribution in [0.1, 0.15) is 23.2 Å². The van der Waals surface area contributed by atoms with Gasteiger partial charge in [0.1, 0.15) is 11.9 Å². The molecular weight excluding hydrogens is 422 g/mol. The Morgan fingerprint density at radius 2 is 1.83 bits per heavy atom. The minimum absolute atomic E-state index is 0. The van der Waals surface area contributed by atoms with Crippen molar-refractivity contribution in [2.45, 2.75) is 25.0 Å². The normalized spacial score (nSPS) is 21.8. The van der Waals surface area contributed by atoms with Crippen molar-refractivity contribution in [2.24, 2.45) is 5.73 Å². The highest BCUT2D eigenvalue weighted by atomic mass is 35.5. The zero-order chi connectivity index (χ0) is 19.2. The largest absolute Gasteiger partial charge is 0.364 e. The highest BCUT2D eigenvalue weighted by Crippen LogP contribution is 2.21. The van der Waals surface area contributed by atoms with E-state index in [4.69, 9.17) is 10.5 Å². The number of piperazine rings is 1. The maximum absolute atomic E-state index is 13.6. The van der Waals surface area contributed by atoms with Gasteiger partial charge in [-0.3, -0.25) is 14.5 Å². The van der Waals surface area contributed by atoms with Crippen LogP contribution in [0, 0.1) is 5.82 Å². The van der Waals surface area contributed by atoms with Gasteiger partial charge in [0, 0.05) is 45.8 Å². The fourth-order valence-corrected chi connectivity index (χ4v) is 3.52. The number of nitrogens with one attached hydrogen (secondary N) is 1. The summed E-state index contributed by atoms with van der Waals surface area (Å²) < 4.78 is 19.3. The molecule has 3 rings (SSSR count). The third-order valence-corrected chi connectivity index (χ3v) is 5.16. The lowest BCUT2D eigenvalue weighted by molar-refractivity contribution is -0.144. The fraction of sp³-hybridized carbons (Fsp3) is 0.579. The number of benzene rings is 1. The Morgan fingerprint density at radius 3 is 2.45 bits per heavy atom. The summed E-state index contributed by atoms with van der Waals surface area (Å²) in [5.41, 5.74) is 5.65. The van der Waals surface area contributed by atoms with E-state index in [1.807, 2.05) is 4.90 Å². The standard InChI is InChI=1S/C19H27FN4O3.2ClH/c20-16-4-2-1-3-15(16)18(25)22-7-8-23-9-11-24(12-10-23)19(26)17-6-5-14(13-21)27-17;;/h1-4,14,17H,5-13,21H2,(H,22,25);2*1H/t14-,17+;;/m1../s1. The Kier molecular flexibility index (Phi) is 10.8. The van der Waals surface area contributed by atoms with Gasteiger partial charge in [-0.2, -0.15) is 0 Å². The third kappa shape index (κ3) is 6.79. The molecule has 2 amide bonds. The molecule has 1 aromatic rings. The number of hydrogen-bond acceptors (Lipinski definition) is 5. The van der Waals surface area contributed by atoms with Gasteiger partial charge in [-0.15, -0.1) is 24.8 Å². The lowest BCUT2D eigenvalue weighted by atomic mass is 10.1. The summed E-state index contributed by atoms with van der Waals surface area (Å²) in [5.74, 6) is -0.874. The maximum Gasteiger partial charge on any atom is 0.254 e. The van der Waals surface area contributed by atoms with Crippen molar-refractivity contribution in [3.05, 3.63) is 35.6 Å². The molecule has 3 N–H and O–H groups in total. The van der Waals surface area contributed by atoms with Crippen molar-refractivity contribution in [1.29, 1.82) is 0 Å². The van der Waals surface area contributed by atoms with E-state index in [1.165, 1.54) is 12.1 Å². The van der Waals surface area contributed by atoms with E-state index in [2.05, 4.69) is 10.2 Å². The summed E-state index contributed by atoms with van der Waals surface area (Å²) in [7, 11) is 0. The van der Waals surface area contributed by atoms with Gasteiger partial charge in [-0.05, 0) is 25.0 Å². The molecule has 0 saturated carbocycles. The number of carbonyl (C=O) groups is 2. The molecule has 0 radical (unpaired) electrons. The van der Waals surface area contributed by atoms with Crippen molar-refractivity contribution < 1.29 is 18.7 Å². The van der Waals surface area contributed by atoms with Crippen LogP contribution < -0.4 is 11.1 Å². The minimum Gasteiger partial charge on any atom is -0.364 e. The quantitative estimate of drug-likeness (QED) is 0.675. The number of halogens is 3. The molecule has 2 atom stereocenters. The summed E-state index contributed by atoms with van der Waals surface area (Å²) >= 11 is 0. The van der Waals surface area contributed by atoms with E-state index >= 15 is 0 Å². The molecule has 0 bridgehead atoms. The lowest BCUT2D eigenvalue weighted by Gasteiger charge is -2.35. The SMILES string of the molecule is Cl.Cl.NC[C@H]1CC[C@@H](C(=O)N2CCN(CCNC(=O)c3ccccc3F)CC2)O1. The number of ether oxygens (including phenoxy) is 1. The molecule has 164 valence electrons. The zero-order valence-corrected chi connectivity index (χ0v) is 17.9. The van der Waals surface area contributed by atoms with Crippen LogP contribution in [-0.2, 0) is 9.53 Å². The van der Waals surface area contributed by atoms with E-state index < -0.39 is 11.7 Å². The van der Waals surface area contributed by atoms with Crippen LogP contribution in [0.5, 0.6) is 0 Å². The zero-order valence-electron chi connectivity index (χ0n) is 16.2. The molecule has 2 heterocycles. The van der Waals surface area contributed by atoms with Gasteiger partial charge >= 0.3 is 0 Å². The van der Waals surface area contributed by atoms with Crippen LogP contribution >= 0.6 is 24.8 Å². The molecule has 0 aromatic heterocycles. The second-order valence-corrected chi connectivity index (χ2v) is 6.96. The second-order valence-electron chi connectivity index (χ2n) is 6.96. The van der Waals surface area contributed by atoms with Crippen LogP contribution in [0.2, 0.25) is 0 Å². The molecule has 10 heteroatoms. The predicted octanol–water partition coefficient (Wildman–Crippen LogP) is 1.05. The summed E-state index contributed by atoms with van der Waals surface area (Å²) in [6.45, 7) is 4.34. The average molecular weight is 451 g/mol. The molecule has 0 spiro atoms. The van der Waals surface area contributed by atoms with Crippen molar-refractivity contribution >= 4 is 36.6 Å². The molecule has 1 aromatic carbocycles. The molecule has 2 aliphatic heterocycles. The first-order chi connectivity index (χ1) is 13.1. The first kappa shape index (κ1) is 25.6. The Bertz CT molecular complexity index is 675. The predicted molar refractivity (Wildman–Crippen MR) is 113 cm³/mol. The second kappa shape index (κ2) is 12.3. The van der Waals surface area contributed by atoms with Crippen LogP contribution in [-0.4, -0.2) is 79.6 Å². The van der Waals surface area contributed by atoms with Crippen LogP contribution in [0.25, 0.3) is 0 Å². The fourth-order valence-electron chi connectivity index (χ4n) is 3.52. The van der Waals surface area contributed by atoms with Gasteiger partial charge in [-0.25, -0.2) is 4.39 Å². The molecular formula is C19H29Cl2FN4O3. The average Bonchev–Trinajstić information content (AvgIpc) is 3.17. The minimum atomic E-state index is -0.520. The molecule has 0 unspecified atom stereocenters. The number of nitrogens with zero attached hydrogens (tertiary/aromatic N) is 2. The van der Waals surface area contributed by atoms with Crippen molar-refractivity contribution in [3.8, 4) is 0 Å². The maximum atomic E-state index is 13.6. The van der Waals surface area contributed by atoms with Gasteiger partial charge in [0.2, 0.25) is 0 Å². The Labute approximate surface area is 182 Å². The molecule has 0 aliphatic carbocycles. The Hall–Kier alpha value is -1.45. The summed E-state index contributed by atoms with van der Waals surface area (Å²) in [6, 6.07) is 5.93. The highest BCUT2D eigenvalue weighted by molar-refractivity contribution is 5.94. The van der Waals surface area contributed by atoms with Crippen LogP contribution in [0.3, 0.4) is 0 Å². The van der Waals surface area contributed by atoms with Gasteiger partial charge in [0.05, 0.1) is 11.7 Å². The summed E-state index contributed by atoms with van der Waals surface area (Å²) in [6.07, 6.45) is 1.22. The summed E-state index contributed by atoms with van der Waals surface area (Å²) in [4.78, 5) is 28.5. The molecule has 2 aliphatic rings. The first-order valence-electron chi connectivity index (χ1n) is 9.48. The number of hydrogen-bond donors (Lipinski definition) is 2. The van der Waals surface area contributed by atoms with E-state index in [0.717, 1.165) is 25.9 Å². The van der Waals surface area contributed by atoms with E-state index in [1.54, 1.807) is 12.1 Å². The molecule has 7 nitrogen and oxygen atoms in total. The topological polar surface area (TPSA) is 87.9 Å². The highest BCUT2D eigenvalue weighted by Gasteiger charge is 2.34. The van der Waals surface area contributed by atoms with Gasteiger partial charge in [-0.1, -0.05) is 12.1 Å². The molecule has 29 heavy (non-hydrogen) atoms. The van der Waals surface area contributed by atoms with Crippen LogP contribution in [0.15, 0.2) is 24.3 Å². The smallest absolute Gasteiger partial charge is 0.254 e. The van der Waals surface area contributed by atoms with Crippen molar-refractivity contribution in [1.82, 2.24) is 15.1 Å². The Balaban J connectivity index is 0.00000210. The third-order valence-electron chi connectivity index (χ3n) is 5.16. The Morgan fingerprint density at radius 1 is 1.14 bits per heavy atom. The van der Waals surface area contributed by atoms with E-state index in [9.17, 15) is 14.0 Å². The van der Waals surface area contributed by atoms with Crippen molar-refractivity contribution in [3.63, 3.8) is 0 Å². The van der Waals surface area contributed by atoms with E-state index in [0.29, 0.717) is 32.7 Å². The van der Waals surface area contributed by atoms with Gasteiger partial charge in [0.25, 0.3) is 11.8 Å². The van der Waals surface area contributed by atoms with Crippen LogP contribution in [0.4, 0.5) is 4.39 Å². The first-order valence-corrected chi connectivity index (χ1v) is 9.48. The van der Waals surface area contributed by atoms with Crippen molar-refractivity contribution in [2.75, 3.05) is 45.8 Å². The lowest BCUT2D eigenvalue weighted by Crippen LogP contribution is -2.52.